The molecule has 1 atom stereocenters. The summed E-state index contributed by atoms with van der Waals surface area (Å²) in [5.41, 5.74) is 0.545. The van der Waals surface area contributed by atoms with E-state index in [1.54, 1.807) is 30.3 Å². The van der Waals surface area contributed by atoms with Crippen molar-refractivity contribution >= 4 is 45.1 Å². The lowest BCUT2D eigenvalue weighted by Crippen LogP contribution is -2.57. The van der Waals surface area contributed by atoms with Crippen LogP contribution < -0.4 is 15.4 Å². The highest BCUT2D eigenvalue weighted by atomic mass is 79.9. The maximum Gasteiger partial charge on any atom is 0.241 e. The van der Waals surface area contributed by atoms with Crippen molar-refractivity contribution in [3.8, 4) is 5.75 Å². The van der Waals surface area contributed by atoms with E-state index in [9.17, 15) is 19.1 Å². The molecule has 2 amide bonds. The molecule has 3 rings (SSSR count). The van der Waals surface area contributed by atoms with Gasteiger partial charge in [0.05, 0.1) is 0 Å². The van der Waals surface area contributed by atoms with Crippen LogP contribution in [0, 0.1) is 11.7 Å². The van der Waals surface area contributed by atoms with Gasteiger partial charge >= 0.3 is 0 Å². The van der Waals surface area contributed by atoms with Crippen LogP contribution in [0.5, 0.6) is 5.75 Å². The van der Waals surface area contributed by atoms with Gasteiger partial charge in [0, 0.05) is 15.6 Å². The molecule has 3 N–H and O–H groups in total. The van der Waals surface area contributed by atoms with Gasteiger partial charge in [0.25, 0.3) is 0 Å². The predicted octanol–water partition coefficient (Wildman–Crippen LogP) is 2.35. The molecule has 0 radical (unpaired) electrons. The molecule has 1 aliphatic rings. The lowest BCUT2D eigenvalue weighted by Gasteiger charge is -2.27. The van der Waals surface area contributed by atoms with E-state index in [-0.39, 0.29) is 23.0 Å². The lowest BCUT2D eigenvalue weighted by atomic mass is 9.92. The molecule has 2 aromatic rings. The SMILES string of the molecule is O=C1NC(=S)NC(=O)C1C(O)c1cc(Br)ccc1OCc1ccccc1F. The molecule has 9 heteroatoms. The Hall–Kier alpha value is -2.36. The van der Waals surface area contributed by atoms with Gasteiger partial charge in [0.1, 0.15) is 30.2 Å². The third-order valence-corrected chi connectivity index (χ3v) is 4.68. The first kappa shape index (κ1) is 19.4. The number of ether oxygens (including phenoxy) is 1. The minimum Gasteiger partial charge on any atom is -0.488 e. The number of hydrogen-bond donors (Lipinski definition) is 3. The molecule has 2 aromatic carbocycles. The molecule has 1 fully saturated rings. The van der Waals surface area contributed by atoms with Crippen molar-refractivity contribution in [3.05, 3.63) is 63.9 Å². The van der Waals surface area contributed by atoms with Gasteiger partial charge in [-0.3, -0.25) is 9.59 Å². The van der Waals surface area contributed by atoms with Gasteiger partial charge in [-0.05, 0) is 36.5 Å². The van der Waals surface area contributed by atoms with E-state index < -0.39 is 29.7 Å². The van der Waals surface area contributed by atoms with Gasteiger partial charge < -0.3 is 20.5 Å². The predicted molar refractivity (Wildman–Crippen MR) is 102 cm³/mol. The van der Waals surface area contributed by atoms with Crippen molar-refractivity contribution in [1.29, 1.82) is 0 Å². The van der Waals surface area contributed by atoms with Gasteiger partial charge in [-0.2, -0.15) is 0 Å². The number of carbonyl (C=O) groups excluding carboxylic acids is 2. The van der Waals surface area contributed by atoms with Crippen LogP contribution in [-0.2, 0) is 16.2 Å². The Labute approximate surface area is 167 Å². The second-order valence-corrected chi connectivity index (χ2v) is 7.12. The first-order chi connectivity index (χ1) is 12.9. The Morgan fingerprint density at radius 1 is 1.19 bits per heavy atom. The molecule has 27 heavy (non-hydrogen) atoms. The molecule has 0 aromatic heterocycles. The molecule has 0 saturated carbocycles. The summed E-state index contributed by atoms with van der Waals surface area (Å²) in [5, 5.41) is 15.2. The van der Waals surface area contributed by atoms with Crippen LogP contribution in [0.25, 0.3) is 0 Å². The fourth-order valence-electron chi connectivity index (χ4n) is 2.65. The molecule has 6 nitrogen and oxygen atoms in total. The molecule has 1 heterocycles. The number of aliphatic hydroxyl groups is 1. The van der Waals surface area contributed by atoms with Gasteiger partial charge in [0.15, 0.2) is 5.11 Å². The average Bonchev–Trinajstić information content (AvgIpc) is 2.61. The normalized spacial score (nSPS) is 15.9. The van der Waals surface area contributed by atoms with Crippen molar-refractivity contribution in [3.63, 3.8) is 0 Å². The first-order valence-corrected chi connectivity index (χ1v) is 9.06. The summed E-state index contributed by atoms with van der Waals surface area (Å²) in [4.78, 5) is 24.3. The lowest BCUT2D eigenvalue weighted by molar-refractivity contribution is -0.140. The van der Waals surface area contributed by atoms with Crippen molar-refractivity contribution in [2.75, 3.05) is 0 Å². The molecular weight excluding hydrogens is 439 g/mol. The summed E-state index contributed by atoms with van der Waals surface area (Å²) in [6.45, 7) is -0.0822. The number of halogens is 2. The number of rotatable bonds is 5. The average molecular weight is 453 g/mol. The van der Waals surface area contributed by atoms with E-state index in [1.165, 1.54) is 12.1 Å². The number of nitrogens with one attached hydrogen (secondary N) is 2. The summed E-state index contributed by atoms with van der Waals surface area (Å²) in [6, 6.07) is 10.9. The zero-order valence-electron chi connectivity index (χ0n) is 13.7. The first-order valence-electron chi connectivity index (χ1n) is 7.86. The molecule has 140 valence electrons. The minimum atomic E-state index is -1.48. The Bertz CT molecular complexity index is 904. The van der Waals surface area contributed by atoms with Crippen LogP contribution in [-0.4, -0.2) is 22.0 Å². The number of carbonyl (C=O) groups is 2. The number of hydrogen-bond acceptors (Lipinski definition) is 5. The smallest absolute Gasteiger partial charge is 0.241 e. The molecule has 1 unspecified atom stereocenters. The fraction of sp³-hybridized carbons (Fsp3) is 0.167. The van der Waals surface area contributed by atoms with Gasteiger partial charge in [0.2, 0.25) is 11.8 Å². The Morgan fingerprint density at radius 2 is 1.85 bits per heavy atom. The highest BCUT2D eigenvalue weighted by Crippen LogP contribution is 2.34. The number of thiocarbonyl (C=S) groups is 1. The Morgan fingerprint density at radius 3 is 2.52 bits per heavy atom. The van der Waals surface area contributed by atoms with Crippen LogP contribution in [0.1, 0.15) is 17.2 Å². The van der Waals surface area contributed by atoms with E-state index in [0.717, 1.165) is 0 Å². The number of aliphatic hydroxyl groups excluding tert-OH is 1. The van der Waals surface area contributed by atoms with Crippen LogP contribution in [0.4, 0.5) is 4.39 Å². The molecule has 1 aliphatic heterocycles. The summed E-state index contributed by atoms with van der Waals surface area (Å²) in [5.74, 6) is -3.02. The minimum absolute atomic E-state index is 0.0822. The Kier molecular flexibility index (Phi) is 5.83. The van der Waals surface area contributed by atoms with Gasteiger partial charge in [-0.25, -0.2) is 4.39 Å². The van der Waals surface area contributed by atoms with E-state index in [2.05, 4.69) is 26.6 Å². The maximum absolute atomic E-state index is 13.8. The second-order valence-electron chi connectivity index (χ2n) is 5.79. The summed E-state index contributed by atoms with van der Waals surface area (Å²) >= 11 is 8.04. The number of amides is 2. The van der Waals surface area contributed by atoms with Crippen LogP contribution in [0.3, 0.4) is 0 Å². The van der Waals surface area contributed by atoms with E-state index in [4.69, 9.17) is 17.0 Å². The van der Waals surface area contributed by atoms with E-state index >= 15 is 0 Å². The number of benzene rings is 2. The van der Waals surface area contributed by atoms with Crippen molar-refractivity contribution in [2.45, 2.75) is 12.7 Å². The van der Waals surface area contributed by atoms with Gasteiger partial charge in [-0.15, -0.1) is 0 Å². The topological polar surface area (TPSA) is 87.7 Å². The zero-order valence-corrected chi connectivity index (χ0v) is 16.1. The highest BCUT2D eigenvalue weighted by molar-refractivity contribution is 9.10. The van der Waals surface area contributed by atoms with Crippen molar-refractivity contribution < 1.29 is 23.8 Å². The Balaban J connectivity index is 1.87. The van der Waals surface area contributed by atoms with Crippen molar-refractivity contribution in [1.82, 2.24) is 10.6 Å². The molecule has 0 spiro atoms. The molecular formula is C18H14BrFN2O4S. The molecule has 0 bridgehead atoms. The maximum atomic E-state index is 13.8. The van der Waals surface area contributed by atoms with Crippen LogP contribution in [0.15, 0.2) is 46.9 Å². The van der Waals surface area contributed by atoms with E-state index in [0.29, 0.717) is 10.0 Å². The summed E-state index contributed by atoms with van der Waals surface area (Å²) in [7, 11) is 0. The standard InChI is InChI=1S/C18H14BrFN2O4S/c19-10-5-6-13(26-8-9-3-1-2-4-12(9)20)11(7-10)15(23)14-16(24)21-18(27)22-17(14)25/h1-7,14-15,23H,8H2,(H2,21,22,24,25,27). The highest BCUT2D eigenvalue weighted by Gasteiger charge is 2.40. The largest absolute Gasteiger partial charge is 0.488 e. The molecule has 1 saturated heterocycles. The third kappa shape index (κ3) is 4.32. The van der Waals surface area contributed by atoms with Crippen LogP contribution in [0.2, 0.25) is 0 Å². The summed E-state index contributed by atoms with van der Waals surface area (Å²) in [6.07, 6.45) is -1.48. The zero-order chi connectivity index (χ0) is 19.6. The quantitative estimate of drug-likeness (QED) is 0.478. The monoisotopic (exact) mass is 452 g/mol. The molecule has 0 aliphatic carbocycles. The van der Waals surface area contributed by atoms with E-state index in [1.807, 2.05) is 0 Å². The van der Waals surface area contributed by atoms with Crippen LogP contribution >= 0.6 is 28.1 Å². The fourth-order valence-corrected chi connectivity index (χ4v) is 3.23. The summed E-state index contributed by atoms with van der Waals surface area (Å²) < 4.78 is 20.1. The second kappa shape index (κ2) is 8.12. The van der Waals surface area contributed by atoms with Gasteiger partial charge in [-0.1, -0.05) is 34.1 Å². The van der Waals surface area contributed by atoms with Crippen molar-refractivity contribution in [2.24, 2.45) is 5.92 Å². The third-order valence-electron chi connectivity index (χ3n) is 3.99.